The van der Waals surface area contributed by atoms with Crippen molar-refractivity contribution in [3.8, 4) is 0 Å². The van der Waals surface area contributed by atoms with Crippen LogP contribution in [0.4, 0.5) is 0 Å². The lowest BCUT2D eigenvalue weighted by Gasteiger charge is -2.12. The van der Waals surface area contributed by atoms with Crippen molar-refractivity contribution in [1.29, 1.82) is 0 Å². The number of benzene rings is 1. The molecule has 0 aliphatic carbocycles. The average Bonchev–Trinajstić information content (AvgIpc) is 2.29. The van der Waals surface area contributed by atoms with Crippen molar-refractivity contribution < 1.29 is 8.42 Å². The van der Waals surface area contributed by atoms with E-state index in [1.165, 1.54) is 5.56 Å². The summed E-state index contributed by atoms with van der Waals surface area (Å²) in [5.41, 5.74) is 6.45. The predicted molar refractivity (Wildman–Crippen MR) is 70.3 cm³/mol. The zero-order valence-corrected chi connectivity index (χ0v) is 10.9. The highest BCUT2D eigenvalue weighted by atomic mass is 32.2. The molecule has 0 spiro atoms. The van der Waals surface area contributed by atoms with Crippen LogP contribution in [0.5, 0.6) is 0 Å². The topological polar surface area (TPSA) is 72.2 Å². The van der Waals surface area contributed by atoms with E-state index in [0.29, 0.717) is 12.5 Å². The lowest BCUT2D eigenvalue weighted by Crippen LogP contribution is -2.31. The number of hydrogen-bond donors (Lipinski definition) is 2. The van der Waals surface area contributed by atoms with Gasteiger partial charge in [-0.05, 0) is 17.9 Å². The minimum Gasteiger partial charge on any atom is -0.329 e. The summed E-state index contributed by atoms with van der Waals surface area (Å²) >= 11 is 0. The van der Waals surface area contributed by atoms with Gasteiger partial charge < -0.3 is 5.73 Å². The lowest BCUT2D eigenvalue weighted by molar-refractivity contribution is 0.572. The van der Waals surface area contributed by atoms with E-state index in [1.54, 1.807) is 0 Å². The van der Waals surface area contributed by atoms with Crippen molar-refractivity contribution in [2.24, 2.45) is 5.73 Å². The van der Waals surface area contributed by atoms with Gasteiger partial charge in [-0.2, -0.15) is 0 Å². The molecule has 0 heterocycles. The molecule has 1 unspecified atom stereocenters. The molecule has 1 aromatic carbocycles. The third-order valence-electron chi connectivity index (χ3n) is 2.65. The molecule has 1 atom stereocenters. The van der Waals surface area contributed by atoms with Crippen molar-refractivity contribution in [1.82, 2.24) is 4.72 Å². The standard InChI is InChI=1S/C12H20N2O2S/c1-11(12-5-3-2-4-6-12)7-9-14-17(15,16)10-8-13/h2-6,11,14H,7-10,13H2,1H3. The maximum atomic E-state index is 11.4. The van der Waals surface area contributed by atoms with Gasteiger partial charge >= 0.3 is 0 Å². The fourth-order valence-electron chi connectivity index (χ4n) is 1.61. The number of hydrogen-bond acceptors (Lipinski definition) is 3. The fourth-order valence-corrected chi connectivity index (χ4v) is 2.49. The van der Waals surface area contributed by atoms with Crippen LogP contribution < -0.4 is 10.5 Å². The highest BCUT2D eigenvalue weighted by molar-refractivity contribution is 7.89. The zero-order chi connectivity index (χ0) is 12.7. The molecule has 1 aromatic rings. The summed E-state index contributed by atoms with van der Waals surface area (Å²) in [6.07, 6.45) is 0.786. The van der Waals surface area contributed by atoms with Crippen LogP contribution in [0.2, 0.25) is 0 Å². The first-order valence-electron chi connectivity index (χ1n) is 5.77. The number of nitrogens with one attached hydrogen (secondary N) is 1. The molecule has 0 aliphatic heterocycles. The minimum absolute atomic E-state index is 0.00722. The van der Waals surface area contributed by atoms with Gasteiger partial charge in [0.05, 0.1) is 5.75 Å². The normalized spacial score (nSPS) is 13.5. The summed E-state index contributed by atoms with van der Waals surface area (Å²) in [7, 11) is -3.18. The Morgan fingerprint density at radius 2 is 1.94 bits per heavy atom. The minimum atomic E-state index is -3.18. The molecule has 3 N–H and O–H groups in total. The first-order valence-corrected chi connectivity index (χ1v) is 7.43. The Balaban J connectivity index is 2.37. The molecule has 4 nitrogen and oxygen atoms in total. The van der Waals surface area contributed by atoms with Crippen molar-refractivity contribution >= 4 is 10.0 Å². The highest BCUT2D eigenvalue weighted by Crippen LogP contribution is 2.17. The lowest BCUT2D eigenvalue weighted by atomic mass is 9.98. The van der Waals surface area contributed by atoms with Crippen LogP contribution in [0.25, 0.3) is 0 Å². The summed E-state index contributed by atoms with van der Waals surface area (Å²) in [5.74, 6) is 0.337. The predicted octanol–water partition coefficient (Wildman–Crippen LogP) is 1.06. The van der Waals surface area contributed by atoms with Gasteiger partial charge in [-0.1, -0.05) is 37.3 Å². The van der Waals surface area contributed by atoms with Gasteiger partial charge in [0.1, 0.15) is 0 Å². The molecule has 0 fully saturated rings. The van der Waals surface area contributed by atoms with Crippen LogP contribution in [-0.4, -0.2) is 27.3 Å². The summed E-state index contributed by atoms with van der Waals surface area (Å²) in [6.45, 7) is 2.70. The van der Waals surface area contributed by atoms with Crippen LogP contribution in [0, 0.1) is 0 Å². The molecular weight excluding hydrogens is 236 g/mol. The van der Waals surface area contributed by atoms with Crippen LogP contribution in [0.15, 0.2) is 30.3 Å². The van der Waals surface area contributed by atoms with E-state index in [2.05, 4.69) is 23.8 Å². The summed E-state index contributed by atoms with van der Waals surface area (Å²) in [4.78, 5) is 0. The van der Waals surface area contributed by atoms with Gasteiger partial charge in [0.25, 0.3) is 0 Å². The Labute approximate surface area is 103 Å². The Morgan fingerprint density at radius 1 is 1.29 bits per heavy atom. The van der Waals surface area contributed by atoms with Gasteiger partial charge in [-0.25, -0.2) is 13.1 Å². The van der Waals surface area contributed by atoms with E-state index < -0.39 is 10.0 Å². The third-order valence-corrected chi connectivity index (χ3v) is 4.07. The van der Waals surface area contributed by atoms with E-state index in [9.17, 15) is 8.42 Å². The molecule has 0 radical (unpaired) electrons. The smallest absolute Gasteiger partial charge is 0.212 e. The second-order valence-electron chi connectivity index (χ2n) is 4.10. The maximum absolute atomic E-state index is 11.4. The largest absolute Gasteiger partial charge is 0.329 e. The van der Waals surface area contributed by atoms with Gasteiger partial charge in [0.15, 0.2) is 0 Å². The van der Waals surface area contributed by atoms with Crippen LogP contribution in [0.1, 0.15) is 24.8 Å². The van der Waals surface area contributed by atoms with Crippen LogP contribution in [0.3, 0.4) is 0 Å². The van der Waals surface area contributed by atoms with Gasteiger partial charge in [0, 0.05) is 13.1 Å². The Hall–Kier alpha value is -0.910. The van der Waals surface area contributed by atoms with Gasteiger partial charge in [0.2, 0.25) is 10.0 Å². The summed E-state index contributed by atoms with van der Waals surface area (Å²) in [6, 6.07) is 10.1. The first kappa shape index (κ1) is 14.2. The Bertz CT molecular complexity index is 417. The number of rotatable bonds is 7. The van der Waals surface area contributed by atoms with E-state index in [1.807, 2.05) is 18.2 Å². The SMILES string of the molecule is CC(CCNS(=O)(=O)CCN)c1ccccc1. The van der Waals surface area contributed by atoms with Gasteiger partial charge in [-0.3, -0.25) is 0 Å². The molecule has 0 saturated heterocycles. The van der Waals surface area contributed by atoms with E-state index in [-0.39, 0.29) is 12.3 Å². The Kier molecular flexibility index (Phi) is 5.61. The molecule has 0 aliphatic rings. The monoisotopic (exact) mass is 256 g/mol. The van der Waals surface area contributed by atoms with Crippen LogP contribution >= 0.6 is 0 Å². The summed E-state index contributed by atoms with van der Waals surface area (Å²) < 4.78 is 25.3. The quantitative estimate of drug-likeness (QED) is 0.766. The fraction of sp³-hybridized carbons (Fsp3) is 0.500. The zero-order valence-electron chi connectivity index (χ0n) is 10.1. The molecule has 0 saturated carbocycles. The van der Waals surface area contributed by atoms with E-state index in [4.69, 9.17) is 5.73 Å². The van der Waals surface area contributed by atoms with Gasteiger partial charge in [-0.15, -0.1) is 0 Å². The molecular formula is C12H20N2O2S. The Morgan fingerprint density at radius 3 is 2.53 bits per heavy atom. The molecule has 0 bridgehead atoms. The first-order chi connectivity index (χ1) is 8.05. The molecule has 96 valence electrons. The van der Waals surface area contributed by atoms with E-state index >= 15 is 0 Å². The molecule has 5 heteroatoms. The molecule has 0 amide bonds. The van der Waals surface area contributed by atoms with Crippen molar-refractivity contribution in [2.75, 3.05) is 18.8 Å². The molecule has 17 heavy (non-hydrogen) atoms. The second-order valence-corrected chi connectivity index (χ2v) is 6.03. The van der Waals surface area contributed by atoms with Crippen molar-refractivity contribution in [3.63, 3.8) is 0 Å². The number of sulfonamides is 1. The van der Waals surface area contributed by atoms with Crippen molar-refractivity contribution in [2.45, 2.75) is 19.3 Å². The second kappa shape index (κ2) is 6.74. The summed E-state index contributed by atoms with van der Waals surface area (Å²) in [5, 5.41) is 0. The van der Waals surface area contributed by atoms with Crippen molar-refractivity contribution in [3.05, 3.63) is 35.9 Å². The van der Waals surface area contributed by atoms with E-state index in [0.717, 1.165) is 6.42 Å². The third kappa shape index (κ3) is 5.30. The molecule has 0 aromatic heterocycles. The maximum Gasteiger partial charge on any atom is 0.212 e. The molecule has 1 rings (SSSR count). The number of nitrogens with two attached hydrogens (primary N) is 1. The average molecular weight is 256 g/mol. The van der Waals surface area contributed by atoms with Crippen LogP contribution in [-0.2, 0) is 10.0 Å². The highest BCUT2D eigenvalue weighted by Gasteiger charge is 2.10.